The van der Waals surface area contributed by atoms with Crippen LogP contribution < -0.4 is 10.5 Å². The Balaban J connectivity index is 1.72. The van der Waals surface area contributed by atoms with Crippen molar-refractivity contribution in [2.45, 2.75) is 37.3 Å². The molecule has 3 heteroatoms. The van der Waals surface area contributed by atoms with Crippen molar-refractivity contribution >= 4 is 15.9 Å². The normalized spacial score (nSPS) is 24.3. The zero-order valence-corrected chi connectivity index (χ0v) is 13.3. The summed E-state index contributed by atoms with van der Waals surface area (Å²) in [6.07, 6.45) is 3.52. The first-order valence-corrected chi connectivity index (χ1v) is 8.32. The van der Waals surface area contributed by atoms with E-state index in [0.29, 0.717) is 0 Å². The van der Waals surface area contributed by atoms with E-state index in [-0.39, 0.29) is 12.1 Å². The smallest absolute Gasteiger partial charge is 0.126 e. The van der Waals surface area contributed by atoms with Crippen LogP contribution in [0, 0.1) is 0 Å². The quantitative estimate of drug-likeness (QED) is 0.845. The monoisotopic (exact) mass is 343 g/mol. The van der Waals surface area contributed by atoms with Crippen LogP contribution in [0.2, 0.25) is 0 Å². The van der Waals surface area contributed by atoms with Gasteiger partial charge in [-0.25, -0.2) is 0 Å². The van der Waals surface area contributed by atoms with Gasteiger partial charge in [-0.3, -0.25) is 0 Å². The second kappa shape index (κ2) is 5.15. The van der Waals surface area contributed by atoms with E-state index in [0.717, 1.165) is 28.1 Å². The molecule has 0 saturated heterocycles. The van der Waals surface area contributed by atoms with Gasteiger partial charge in [-0.15, -0.1) is 0 Å². The molecule has 0 aromatic heterocycles. The first-order valence-electron chi connectivity index (χ1n) is 7.53. The minimum atomic E-state index is 0.0408. The maximum absolute atomic E-state index is 6.37. The molecule has 0 radical (unpaired) electrons. The third kappa shape index (κ3) is 2.49. The van der Waals surface area contributed by atoms with Gasteiger partial charge in [0.25, 0.3) is 0 Å². The third-order valence-corrected chi connectivity index (χ3v) is 4.97. The van der Waals surface area contributed by atoms with Crippen molar-refractivity contribution < 1.29 is 4.74 Å². The van der Waals surface area contributed by atoms with Crippen LogP contribution in [0.25, 0.3) is 0 Å². The standard InChI is InChI=1S/C18H18BrNO/c19-12-7-8-15-16(20)10-18(21-17(15)9-12)14-4-2-1-3-13(14)11-5-6-11/h1-4,7-9,11,16,18H,5-6,10,20H2/t16-,18?/m0/s1. The molecule has 1 saturated carbocycles. The van der Waals surface area contributed by atoms with Gasteiger partial charge in [0, 0.05) is 22.5 Å². The summed E-state index contributed by atoms with van der Waals surface area (Å²) in [6, 6.07) is 14.8. The van der Waals surface area contributed by atoms with E-state index in [1.54, 1.807) is 0 Å². The lowest BCUT2D eigenvalue weighted by molar-refractivity contribution is 0.160. The number of halogens is 1. The van der Waals surface area contributed by atoms with Crippen molar-refractivity contribution in [1.29, 1.82) is 0 Å². The SMILES string of the molecule is N[C@H]1CC(c2ccccc2C2CC2)Oc2cc(Br)ccc21. The van der Waals surface area contributed by atoms with Crippen LogP contribution >= 0.6 is 15.9 Å². The van der Waals surface area contributed by atoms with Crippen molar-refractivity contribution in [2.24, 2.45) is 5.73 Å². The van der Waals surface area contributed by atoms with Crippen LogP contribution in [0.15, 0.2) is 46.9 Å². The van der Waals surface area contributed by atoms with Gasteiger partial charge in [-0.2, -0.15) is 0 Å². The summed E-state index contributed by atoms with van der Waals surface area (Å²) in [5, 5.41) is 0. The van der Waals surface area contributed by atoms with Crippen molar-refractivity contribution in [1.82, 2.24) is 0 Å². The van der Waals surface area contributed by atoms with Crippen LogP contribution in [0.1, 0.15) is 54.0 Å². The molecule has 1 aliphatic heterocycles. The Bertz CT molecular complexity index is 681. The lowest BCUT2D eigenvalue weighted by atomic mass is 9.90. The molecule has 4 rings (SSSR count). The minimum absolute atomic E-state index is 0.0408. The van der Waals surface area contributed by atoms with Crippen molar-refractivity contribution in [3.05, 3.63) is 63.6 Å². The first-order chi connectivity index (χ1) is 10.2. The maximum Gasteiger partial charge on any atom is 0.126 e. The number of hydrogen-bond acceptors (Lipinski definition) is 2. The Hall–Kier alpha value is -1.32. The van der Waals surface area contributed by atoms with Crippen molar-refractivity contribution in [2.75, 3.05) is 0 Å². The lowest BCUT2D eigenvalue weighted by Gasteiger charge is -2.31. The molecule has 2 nitrogen and oxygen atoms in total. The molecule has 0 amide bonds. The van der Waals surface area contributed by atoms with Crippen LogP contribution in [0.4, 0.5) is 0 Å². The number of hydrogen-bond donors (Lipinski definition) is 1. The molecule has 21 heavy (non-hydrogen) atoms. The van der Waals surface area contributed by atoms with E-state index in [2.05, 4.69) is 46.3 Å². The fraction of sp³-hybridized carbons (Fsp3) is 0.333. The molecule has 2 aliphatic rings. The van der Waals surface area contributed by atoms with Crippen LogP contribution in [0.3, 0.4) is 0 Å². The Morgan fingerprint density at radius 3 is 2.52 bits per heavy atom. The summed E-state index contributed by atoms with van der Waals surface area (Å²) in [4.78, 5) is 0. The number of ether oxygens (including phenoxy) is 1. The zero-order chi connectivity index (χ0) is 14.4. The van der Waals surface area contributed by atoms with Gasteiger partial charge in [0.15, 0.2) is 0 Å². The molecule has 0 bridgehead atoms. The Morgan fingerprint density at radius 2 is 1.76 bits per heavy atom. The first kappa shape index (κ1) is 13.4. The van der Waals surface area contributed by atoms with Crippen LogP contribution in [-0.4, -0.2) is 0 Å². The number of fused-ring (bicyclic) bond motifs is 1. The summed E-state index contributed by atoms with van der Waals surface area (Å²) >= 11 is 3.51. The summed E-state index contributed by atoms with van der Waals surface area (Å²) in [5.74, 6) is 1.64. The second-order valence-corrected chi connectivity index (χ2v) is 6.95. The highest BCUT2D eigenvalue weighted by atomic mass is 79.9. The third-order valence-electron chi connectivity index (χ3n) is 4.47. The second-order valence-electron chi connectivity index (χ2n) is 6.03. The number of benzene rings is 2. The predicted molar refractivity (Wildman–Crippen MR) is 87.5 cm³/mol. The fourth-order valence-corrected chi connectivity index (χ4v) is 3.58. The Kier molecular flexibility index (Phi) is 3.27. The van der Waals surface area contributed by atoms with E-state index in [4.69, 9.17) is 10.5 Å². The van der Waals surface area contributed by atoms with Gasteiger partial charge in [-0.05, 0) is 42.0 Å². The topological polar surface area (TPSA) is 35.2 Å². The van der Waals surface area contributed by atoms with Gasteiger partial charge in [-0.1, -0.05) is 46.3 Å². The fourth-order valence-electron chi connectivity index (χ4n) is 3.24. The van der Waals surface area contributed by atoms with E-state index >= 15 is 0 Å². The average Bonchev–Trinajstić information content (AvgIpc) is 3.31. The largest absolute Gasteiger partial charge is 0.485 e. The van der Waals surface area contributed by atoms with E-state index in [1.165, 1.54) is 24.0 Å². The summed E-state index contributed by atoms with van der Waals surface area (Å²) in [6.45, 7) is 0. The van der Waals surface area contributed by atoms with Crippen LogP contribution in [0.5, 0.6) is 5.75 Å². The van der Waals surface area contributed by atoms with Gasteiger partial charge in [0.2, 0.25) is 0 Å². The van der Waals surface area contributed by atoms with E-state index < -0.39 is 0 Å². The summed E-state index contributed by atoms with van der Waals surface area (Å²) < 4.78 is 7.31. The highest BCUT2D eigenvalue weighted by molar-refractivity contribution is 9.10. The molecule has 2 aromatic carbocycles. The minimum Gasteiger partial charge on any atom is -0.485 e. The molecule has 2 N–H and O–H groups in total. The van der Waals surface area contributed by atoms with Crippen LogP contribution in [-0.2, 0) is 0 Å². The zero-order valence-electron chi connectivity index (χ0n) is 11.8. The van der Waals surface area contributed by atoms with Gasteiger partial charge < -0.3 is 10.5 Å². The molecule has 0 spiro atoms. The highest BCUT2D eigenvalue weighted by Crippen LogP contribution is 2.47. The molecule has 108 valence electrons. The molecular formula is C18H18BrNO. The molecule has 1 fully saturated rings. The van der Waals surface area contributed by atoms with Gasteiger partial charge >= 0.3 is 0 Å². The van der Waals surface area contributed by atoms with E-state index in [1.807, 2.05) is 12.1 Å². The summed E-state index contributed by atoms with van der Waals surface area (Å²) in [7, 11) is 0. The lowest BCUT2D eigenvalue weighted by Crippen LogP contribution is -2.24. The van der Waals surface area contributed by atoms with E-state index in [9.17, 15) is 0 Å². The van der Waals surface area contributed by atoms with Crippen molar-refractivity contribution in [3.8, 4) is 5.75 Å². The van der Waals surface area contributed by atoms with Gasteiger partial charge in [0.1, 0.15) is 11.9 Å². The molecule has 1 aliphatic carbocycles. The molecule has 1 unspecified atom stereocenters. The Morgan fingerprint density at radius 1 is 1.00 bits per heavy atom. The van der Waals surface area contributed by atoms with Gasteiger partial charge in [0.05, 0.1) is 0 Å². The summed E-state index contributed by atoms with van der Waals surface area (Å²) in [5.41, 5.74) is 10.3. The molecule has 1 heterocycles. The average molecular weight is 344 g/mol. The maximum atomic E-state index is 6.37. The molecule has 2 aromatic rings. The Labute approximate surface area is 133 Å². The predicted octanol–water partition coefficient (Wildman–Crippen LogP) is 4.85. The molecular weight excluding hydrogens is 326 g/mol. The number of nitrogens with two attached hydrogens (primary N) is 1. The van der Waals surface area contributed by atoms with Crippen molar-refractivity contribution in [3.63, 3.8) is 0 Å². The number of rotatable bonds is 2. The molecule has 2 atom stereocenters. The highest BCUT2D eigenvalue weighted by Gasteiger charge is 2.32.